The van der Waals surface area contributed by atoms with Crippen molar-refractivity contribution in [3.05, 3.63) is 23.8 Å². The maximum Gasteiger partial charge on any atom is 0.224 e. The third-order valence-electron chi connectivity index (χ3n) is 3.49. The van der Waals surface area contributed by atoms with Crippen molar-refractivity contribution in [3.63, 3.8) is 0 Å². The van der Waals surface area contributed by atoms with Crippen molar-refractivity contribution in [2.24, 2.45) is 5.92 Å². The number of methoxy groups -OCH3 is 2. The molecule has 21 heavy (non-hydrogen) atoms. The molecule has 1 atom stereocenters. The highest BCUT2D eigenvalue weighted by atomic mass is 32.2. The Hall–Kier alpha value is -1.36. The van der Waals surface area contributed by atoms with Gasteiger partial charge in [-0.3, -0.25) is 4.79 Å². The van der Waals surface area contributed by atoms with Gasteiger partial charge in [0, 0.05) is 24.3 Å². The molecule has 1 heterocycles. The molecule has 0 bridgehead atoms. The first kappa shape index (κ1) is 16.0. The van der Waals surface area contributed by atoms with E-state index < -0.39 is 0 Å². The number of carbonyl (C=O) groups excluding carboxylic acids is 1. The molecule has 5 heteroatoms. The van der Waals surface area contributed by atoms with Crippen molar-refractivity contribution >= 4 is 17.7 Å². The number of hydrogen-bond acceptors (Lipinski definition) is 4. The summed E-state index contributed by atoms with van der Waals surface area (Å²) < 4.78 is 10.9. The van der Waals surface area contributed by atoms with E-state index >= 15 is 0 Å². The standard InChI is InChI=1S/C16H23NO3S/c1-11(2)10-14(18)17-8-9-21-16(17)12-6-5-7-13(19-3)15(12)20-4/h5-7,11,16H,8-10H2,1-4H3. The van der Waals surface area contributed by atoms with Gasteiger partial charge in [0.05, 0.1) is 14.2 Å². The Morgan fingerprint density at radius 1 is 1.38 bits per heavy atom. The lowest BCUT2D eigenvalue weighted by atomic mass is 10.1. The minimum absolute atomic E-state index is 0.0151. The summed E-state index contributed by atoms with van der Waals surface area (Å²) >= 11 is 1.78. The maximum atomic E-state index is 12.4. The fourth-order valence-corrected chi connectivity index (χ4v) is 3.85. The van der Waals surface area contributed by atoms with E-state index in [0.29, 0.717) is 18.1 Å². The topological polar surface area (TPSA) is 38.8 Å². The van der Waals surface area contributed by atoms with E-state index in [-0.39, 0.29) is 11.3 Å². The molecule has 1 amide bonds. The molecule has 0 N–H and O–H groups in total. The van der Waals surface area contributed by atoms with Crippen LogP contribution in [0.2, 0.25) is 0 Å². The van der Waals surface area contributed by atoms with Crippen LogP contribution in [0, 0.1) is 5.92 Å². The number of carbonyl (C=O) groups is 1. The molecule has 0 saturated carbocycles. The van der Waals surface area contributed by atoms with Gasteiger partial charge >= 0.3 is 0 Å². The second kappa shape index (κ2) is 7.07. The van der Waals surface area contributed by atoms with Crippen LogP contribution in [-0.2, 0) is 4.79 Å². The lowest BCUT2D eigenvalue weighted by molar-refractivity contribution is -0.132. The van der Waals surface area contributed by atoms with E-state index in [4.69, 9.17) is 9.47 Å². The SMILES string of the molecule is COc1cccc(C2SCCN2C(=O)CC(C)C)c1OC. The number of amides is 1. The highest BCUT2D eigenvalue weighted by Gasteiger charge is 2.33. The van der Waals surface area contributed by atoms with Crippen LogP contribution in [0.5, 0.6) is 11.5 Å². The number of ether oxygens (including phenoxy) is 2. The molecule has 4 nitrogen and oxygen atoms in total. The van der Waals surface area contributed by atoms with Crippen LogP contribution in [0.15, 0.2) is 18.2 Å². The van der Waals surface area contributed by atoms with Gasteiger partial charge in [0.15, 0.2) is 11.5 Å². The van der Waals surface area contributed by atoms with Gasteiger partial charge in [-0.1, -0.05) is 26.0 Å². The van der Waals surface area contributed by atoms with Gasteiger partial charge in [0.1, 0.15) is 5.37 Å². The van der Waals surface area contributed by atoms with Gasteiger partial charge in [-0.2, -0.15) is 0 Å². The lowest BCUT2D eigenvalue weighted by Gasteiger charge is -2.26. The zero-order valence-electron chi connectivity index (χ0n) is 13.1. The summed E-state index contributed by atoms with van der Waals surface area (Å²) in [6.07, 6.45) is 0.587. The first-order chi connectivity index (χ1) is 10.1. The highest BCUT2D eigenvalue weighted by Crippen LogP contribution is 2.45. The fraction of sp³-hybridized carbons (Fsp3) is 0.562. The summed E-state index contributed by atoms with van der Waals surface area (Å²) in [6.45, 7) is 4.94. The third-order valence-corrected chi connectivity index (χ3v) is 4.74. The Morgan fingerprint density at radius 2 is 2.14 bits per heavy atom. The molecule has 1 aliphatic rings. The van der Waals surface area contributed by atoms with Crippen molar-refractivity contribution in [2.75, 3.05) is 26.5 Å². The summed E-state index contributed by atoms with van der Waals surface area (Å²) in [5, 5.41) is 0.0151. The summed E-state index contributed by atoms with van der Waals surface area (Å²) in [5.41, 5.74) is 1.01. The van der Waals surface area contributed by atoms with Crippen LogP contribution in [-0.4, -0.2) is 37.3 Å². The van der Waals surface area contributed by atoms with Crippen LogP contribution in [0.4, 0.5) is 0 Å². The molecule has 2 rings (SSSR count). The molecule has 1 fully saturated rings. The average Bonchev–Trinajstić information content (AvgIpc) is 2.94. The maximum absolute atomic E-state index is 12.4. The molecule has 116 valence electrons. The molecule has 1 aliphatic heterocycles. The van der Waals surface area contributed by atoms with E-state index in [0.717, 1.165) is 23.6 Å². The molecule has 0 spiro atoms. The number of para-hydroxylation sites is 1. The molecule has 1 saturated heterocycles. The first-order valence-corrected chi connectivity index (χ1v) is 8.25. The summed E-state index contributed by atoms with van der Waals surface area (Å²) in [4.78, 5) is 14.4. The van der Waals surface area contributed by atoms with Gasteiger partial charge in [0.25, 0.3) is 0 Å². The predicted molar refractivity (Wildman–Crippen MR) is 85.9 cm³/mol. The van der Waals surface area contributed by atoms with Crippen molar-refractivity contribution in [1.82, 2.24) is 4.90 Å². The largest absolute Gasteiger partial charge is 0.493 e. The van der Waals surface area contributed by atoms with Crippen molar-refractivity contribution in [3.8, 4) is 11.5 Å². The minimum atomic E-state index is 0.0151. The van der Waals surface area contributed by atoms with E-state index in [1.165, 1.54) is 0 Å². The number of thioether (sulfide) groups is 1. The molecule has 1 aromatic rings. The molecule has 0 aliphatic carbocycles. The Balaban J connectivity index is 2.30. The van der Waals surface area contributed by atoms with Crippen molar-refractivity contribution in [2.45, 2.75) is 25.6 Å². The Morgan fingerprint density at radius 3 is 2.76 bits per heavy atom. The summed E-state index contributed by atoms with van der Waals surface area (Å²) in [7, 11) is 3.27. The first-order valence-electron chi connectivity index (χ1n) is 7.20. The van der Waals surface area contributed by atoms with E-state index in [1.807, 2.05) is 23.1 Å². The van der Waals surface area contributed by atoms with Crippen LogP contribution in [0.1, 0.15) is 31.2 Å². The van der Waals surface area contributed by atoms with Crippen molar-refractivity contribution < 1.29 is 14.3 Å². The van der Waals surface area contributed by atoms with Crippen LogP contribution in [0.25, 0.3) is 0 Å². The van der Waals surface area contributed by atoms with Gasteiger partial charge in [-0.25, -0.2) is 0 Å². The second-order valence-corrected chi connectivity index (χ2v) is 6.68. The predicted octanol–water partition coefficient (Wildman–Crippen LogP) is 3.32. The number of rotatable bonds is 5. The van der Waals surface area contributed by atoms with E-state index in [9.17, 15) is 4.79 Å². The van der Waals surface area contributed by atoms with E-state index in [2.05, 4.69) is 13.8 Å². The van der Waals surface area contributed by atoms with Crippen molar-refractivity contribution in [1.29, 1.82) is 0 Å². The summed E-state index contributed by atoms with van der Waals surface area (Å²) in [5.74, 6) is 2.97. The molecule has 1 unspecified atom stereocenters. The molecular formula is C16H23NO3S. The number of nitrogens with zero attached hydrogens (tertiary/aromatic N) is 1. The quantitative estimate of drug-likeness (QED) is 0.836. The smallest absolute Gasteiger partial charge is 0.224 e. The van der Waals surface area contributed by atoms with Gasteiger partial charge < -0.3 is 14.4 Å². The molecule has 0 radical (unpaired) electrons. The van der Waals surface area contributed by atoms with Crippen LogP contribution >= 0.6 is 11.8 Å². The number of benzene rings is 1. The minimum Gasteiger partial charge on any atom is -0.493 e. The van der Waals surface area contributed by atoms with Gasteiger partial charge in [0.2, 0.25) is 5.91 Å². The normalized spacial score (nSPS) is 18.1. The van der Waals surface area contributed by atoms with Crippen LogP contribution in [0.3, 0.4) is 0 Å². The zero-order valence-corrected chi connectivity index (χ0v) is 13.9. The Labute approximate surface area is 130 Å². The second-order valence-electron chi connectivity index (χ2n) is 5.49. The zero-order chi connectivity index (χ0) is 15.4. The number of hydrogen-bond donors (Lipinski definition) is 0. The van der Waals surface area contributed by atoms with E-state index in [1.54, 1.807) is 26.0 Å². The third kappa shape index (κ3) is 3.46. The Kier molecular flexibility index (Phi) is 5.39. The molecular weight excluding hydrogens is 286 g/mol. The van der Waals surface area contributed by atoms with Gasteiger partial charge in [-0.15, -0.1) is 11.8 Å². The average molecular weight is 309 g/mol. The monoisotopic (exact) mass is 309 g/mol. The highest BCUT2D eigenvalue weighted by molar-refractivity contribution is 7.99. The van der Waals surface area contributed by atoms with Gasteiger partial charge in [-0.05, 0) is 12.0 Å². The Bertz CT molecular complexity index is 504. The van der Waals surface area contributed by atoms with Crippen LogP contribution < -0.4 is 9.47 Å². The summed E-state index contributed by atoms with van der Waals surface area (Å²) in [6, 6.07) is 5.84. The lowest BCUT2D eigenvalue weighted by Crippen LogP contribution is -2.31. The molecule has 1 aromatic carbocycles. The molecule has 0 aromatic heterocycles. The fourth-order valence-electron chi connectivity index (χ4n) is 2.56.